The minimum absolute atomic E-state index is 0.0685. The number of hydrogen-bond acceptors (Lipinski definition) is 4. The van der Waals surface area contributed by atoms with Crippen molar-refractivity contribution in [2.75, 3.05) is 4.90 Å². The molecular formula is C23H25FN2O3S. The summed E-state index contributed by atoms with van der Waals surface area (Å²) in [5.74, 6) is -1.57. The molecule has 1 aromatic heterocycles. The third kappa shape index (κ3) is 3.16. The van der Waals surface area contributed by atoms with Gasteiger partial charge < -0.3 is 4.90 Å². The first-order valence-corrected chi connectivity index (χ1v) is 10.9. The summed E-state index contributed by atoms with van der Waals surface area (Å²) < 4.78 is 13.3. The first-order chi connectivity index (χ1) is 14.1. The van der Waals surface area contributed by atoms with Gasteiger partial charge in [0.2, 0.25) is 11.8 Å². The summed E-state index contributed by atoms with van der Waals surface area (Å²) in [6.45, 7) is 8.54. The number of carbonyl (C=O) groups is 3. The quantitative estimate of drug-likeness (QED) is 0.670. The van der Waals surface area contributed by atoms with Gasteiger partial charge in [0.25, 0.3) is 5.91 Å². The van der Waals surface area contributed by atoms with E-state index in [1.807, 2.05) is 17.5 Å². The molecule has 1 saturated carbocycles. The van der Waals surface area contributed by atoms with Gasteiger partial charge in [0.15, 0.2) is 0 Å². The largest absolute Gasteiger partial charge is 0.325 e. The van der Waals surface area contributed by atoms with Gasteiger partial charge in [0.05, 0.1) is 18.7 Å². The van der Waals surface area contributed by atoms with Crippen molar-refractivity contribution in [3.8, 4) is 0 Å². The molecule has 2 aliphatic rings. The Morgan fingerprint density at radius 1 is 1.13 bits per heavy atom. The Balaban J connectivity index is 1.65. The van der Waals surface area contributed by atoms with Gasteiger partial charge >= 0.3 is 0 Å². The number of rotatable bonds is 5. The first kappa shape index (κ1) is 20.7. The minimum Gasteiger partial charge on any atom is -0.325 e. The Kier molecular flexibility index (Phi) is 4.84. The van der Waals surface area contributed by atoms with E-state index in [1.165, 1.54) is 35.6 Å². The number of benzene rings is 1. The van der Waals surface area contributed by atoms with E-state index in [9.17, 15) is 18.8 Å². The van der Waals surface area contributed by atoms with E-state index in [1.54, 1.807) is 4.90 Å². The number of imide groups is 1. The van der Waals surface area contributed by atoms with Crippen LogP contribution in [0.1, 0.15) is 39.0 Å². The summed E-state index contributed by atoms with van der Waals surface area (Å²) in [7, 11) is 0. The van der Waals surface area contributed by atoms with Crippen LogP contribution in [-0.2, 0) is 20.9 Å². The van der Waals surface area contributed by atoms with Gasteiger partial charge in [-0.3, -0.25) is 14.4 Å². The molecule has 2 aromatic rings. The molecule has 0 spiro atoms. The zero-order valence-electron chi connectivity index (χ0n) is 17.5. The summed E-state index contributed by atoms with van der Waals surface area (Å²) >= 11 is 1.51. The molecule has 0 radical (unpaired) electrons. The summed E-state index contributed by atoms with van der Waals surface area (Å²) in [6.07, 6.45) is -0.0685. The molecule has 1 aliphatic heterocycles. The fourth-order valence-corrected chi connectivity index (χ4v) is 5.32. The lowest BCUT2D eigenvalue weighted by atomic mass is 10.0. The first-order valence-electron chi connectivity index (χ1n) is 10.0. The molecule has 158 valence electrons. The molecule has 7 heteroatoms. The van der Waals surface area contributed by atoms with E-state index in [0.29, 0.717) is 12.2 Å². The molecule has 5 nitrogen and oxygen atoms in total. The molecule has 2 fully saturated rings. The summed E-state index contributed by atoms with van der Waals surface area (Å²) in [6, 6.07) is 8.22. The van der Waals surface area contributed by atoms with E-state index in [4.69, 9.17) is 0 Å². The fourth-order valence-electron chi connectivity index (χ4n) is 4.61. The number of nitrogens with zero attached hydrogens (tertiary/aromatic N) is 2. The molecule has 3 amide bonds. The Hall–Kier alpha value is -2.54. The number of halogens is 1. The van der Waals surface area contributed by atoms with Crippen molar-refractivity contribution in [3.05, 3.63) is 52.5 Å². The van der Waals surface area contributed by atoms with E-state index in [-0.39, 0.29) is 35.0 Å². The highest BCUT2D eigenvalue weighted by atomic mass is 32.1. The van der Waals surface area contributed by atoms with Crippen molar-refractivity contribution in [2.24, 2.45) is 16.7 Å². The van der Waals surface area contributed by atoms with Gasteiger partial charge in [0.1, 0.15) is 11.9 Å². The van der Waals surface area contributed by atoms with E-state index in [0.717, 1.165) is 9.78 Å². The average molecular weight is 429 g/mol. The lowest BCUT2D eigenvalue weighted by Gasteiger charge is -2.28. The molecule has 0 bridgehead atoms. The molecule has 1 unspecified atom stereocenters. The molecule has 0 N–H and O–H groups in total. The second-order valence-electron chi connectivity index (χ2n) is 9.19. The third-order valence-corrected chi connectivity index (χ3v) is 7.90. The van der Waals surface area contributed by atoms with Gasteiger partial charge in [-0.25, -0.2) is 9.29 Å². The van der Waals surface area contributed by atoms with Gasteiger partial charge in [-0.05, 0) is 46.5 Å². The number of anilines is 1. The normalized spacial score (nSPS) is 22.4. The maximum Gasteiger partial charge on any atom is 0.257 e. The van der Waals surface area contributed by atoms with Crippen molar-refractivity contribution < 1.29 is 18.8 Å². The summed E-state index contributed by atoms with van der Waals surface area (Å²) in [4.78, 5) is 43.2. The van der Waals surface area contributed by atoms with Crippen molar-refractivity contribution in [1.29, 1.82) is 0 Å². The van der Waals surface area contributed by atoms with Crippen molar-refractivity contribution in [3.63, 3.8) is 0 Å². The summed E-state index contributed by atoms with van der Waals surface area (Å²) in [5.41, 5.74) is -0.0373. The van der Waals surface area contributed by atoms with Crippen molar-refractivity contribution in [2.45, 2.75) is 46.7 Å². The molecule has 2 heterocycles. The van der Waals surface area contributed by atoms with Crippen LogP contribution in [0.5, 0.6) is 0 Å². The topological polar surface area (TPSA) is 57.7 Å². The van der Waals surface area contributed by atoms with Gasteiger partial charge in [-0.15, -0.1) is 11.3 Å². The molecule has 30 heavy (non-hydrogen) atoms. The van der Waals surface area contributed by atoms with E-state index >= 15 is 0 Å². The number of amides is 3. The fraction of sp³-hybridized carbons (Fsp3) is 0.435. The van der Waals surface area contributed by atoms with E-state index in [2.05, 4.69) is 27.7 Å². The third-order valence-electron chi connectivity index (χ3n) is 7.04. The second-order valence-corrected chi connectivity index (χ2v) is 10.2. The van der Waals surface area contributed by atoms with Gasteiger partial charge in [0, 0.05) is 10.8 Å². The molecule has 1 atom stereocenters. The maximum absolute atomic E-state index is 13.6. The molecule has 4 rings (SSSR count). The number of thiophene rings is 1. The van der Waals surface area contributed by atoms with Gasteiger partial charge in [-0.2, -0.15) is 0 Å². The molecule has 1 aliphatic carbocycles. The van der Waals surface area contributed by atoms with Crippen molar-refractivity contribution in [1.82, 2.24) is 4.90 Å². The van der Waals surface area contributed by atoms with Crippen LogP contribution >= 0.6 is 11.3 Å². The Morgan fingerprint density at radius 2 is 1.77 bits per heavy atom. The van der Waals surface area contributed by atoms with Crippen LogP contribution in [0.4, 0.5) is 10.1 Å². The van der Waals surface area contributed by atoms with Crippen LogP contribution < -0.4 is 4.90 Å². The minimum atomic E-state index is -0.857. The van der Waals surface area contributed by atoms with Crippen molar-refractivity contribution >= 4 is 34.7 Å². The van der Waals surface area contributed by atoms with Crippen LogP contribution in [0.25, 0.3) is 0 Å². The highest BCUT2D eigenvalue weighted by Gasteiger charge is 2.69. The number of hydrogen-bond donors (Lipinski definition) is 0. The molecule has 1 saturated heterocycles. The maximum atomic E-state index is 13.6. The lowest BCUT2D eigenvalue weighted by molar-refractivity contribution is -0.141. The predicted octanol–water partition coefficient (Wildman–Crippen LogP) is 4.23. The Morgan fingerprint density at radius 3 is 2.30 bits per heavy atom. The smallest absolute Gasteiger partial charge is 0.257 e. The molecule has 1 aromatic carbocycles. The van der Waals surface area contributed by atoms with Crippen LogP contribution in [-0.4, -0.2) is 28.7 Å². The van der Waals surface area contributed by atoms with Crippen LogP contribution in [0.2, 0.25) is 0 Å². The monoisotopic (exact) mass is 428 g/mol. The molecular weight excluding hydrogens is 403 g/mol. The van der Waals surface area contributed by atoms with Crippen LogP contribution in [0.15, 0.2) is 41.8 Å². The lowest BCUT2D eigenvalue weighted by Crippen LogP contribution is -2.46. The van der Waals surface area contributed by atoms with Crippen LogP contribution in [0, 0.1) is 22.6 Å². The Bertz CT molecular complexity index is 984. The average Bonchev–Trinajstić information content (AvgIpc) is 3.10. The van der Waals surface area contributed by atoms with Gasteiger partial charge in [-0.1, -0.05) is 33.8 Å². The highest BCUT2D eigenvalue weighted by Crippen LogP contribution is 2.69. The van der Waals surface area contributed by atoms with Crippen LogP contribution in [0.3, 0.4) is 0 Å². The second kappa shape index (κ2) is 7.01. The predicted molar refractivity (Wildman–Crippen MR) is 113 cm³/mol. The highest BCUT2D eigenvalue weighted by molar-refractivity contribution is 7.09. The number of carbonyl (C=O) groups excluding carboxylic acids is 3. The Labute approximate surface area is 179 Å². The zero-order valence-corrected chi connectivity index (χ0v) is 18.3. The summed E-state index contributed by atoms with van der Waals surface area (Å²) in [5, 5.41) is 1.93. The van der Waals surface area contributed by atoms with E-state index < -0.39 is 17.8 Å². The zero-order chi connectivity index (χ0) is 21.8. The SMILES string of the molecule is CC1(C)C(C(=O)N(Cc2cccs2)C2CC(=O)N(c3ccc(F)cc3)C2=O)C1(C)C. The standard InChI is InChI=1S/C23H25FN2O3S/c1-22(2)19(23(22,3)4)21(29)25(13-16-6-5-11-30-16)17-12-18(27)26(20(17)28)15-9-7-14(24)8-10-15/h5-11,17,19H,12-13H2,1-4H3.